The maximum Gasteiger partial charge on any atom is 0.216 e. The lowest BCUT2D eigenvalue weighted by Crippen LogP contribution is -2.32. The van der Waals surface area contributed by atoms with Gasteiger partial charge in [0, 0.05) is 0 Å². The molecule has 1 atom stereocenters. The number of rotatable bonds is 4. The molecule has 0 aromatic heterocycles. The van der Waals surface area contributed by atoms with Gasteiger partial charge in [-0.3, -0.25) is 0 Å². The molecule has 0 heterocycles. The van der Waals surface area contributed by atoms with Crippen LogP contribution in [-0.2, 0) is 15.8 Å². The van der Waals surface area contributed by atoms with E-state index in [9.17, 15) is 8.42 Å². The standard InChI is InChI=1S/C12H12N2O2S/c1-3-10(2)14-17(15,16)9-12-6-4-11(8-13)5-7-12/h1,4-7,10,14H,9H2,2H3. The number of sulfonamides is 1. The lowest BCUT2D eigenvalue weighted by molar-refractivity contribution is 0.577. The molecule has 1 N–H and O–H groups in total. The number of nitrogens with one attached hydrogen (secondary N) is 1. The van der Waals surface area contributed by atoms with Crippen LogP contribution in [0.1, 0.15) is 18.1 Å². The molecule has 0 bridgehead atoms. The highest BCUT2D eigenvalue weighted by molar-refractivity contribution is 7.88. The molecule has 0 spiro atoms. The average Bonchev–Trinajstić information content (AvgIpc) is 2.28. The molecule has 0 radical (unpaired) electrons. The van der Waals surface area contributed by atoms with E-state index in [-0.39, 0.29) is 5.75 Å². The Morgan fingerprint density at radius 1 is 1.41 bits per heavy atom. The molecule has 1 rings (SSSR count). The molecule has 0 amide bonds. The van der Waals surface area contributed by atoms with Gasteiger partial charge in [0.1, 0.15) is 0 Å². The van der Waals surface area contributed by atoms with Gasteiger partial charge in [-0.25, -0.2) is 13.1 Å². The van der Waals surface area contributed by atoms with Crippen LogP contribution in [0.2, 0.25) is 0 Å². The number of nitrogens with zero attached hydrogens (tertiary/aromatic N) is 1. The van der Waals surface area contributed by atoms with Crippen LogP contribution in [0.25, 0.3) is 0 Å². The lowest BCUT2D eigenvalue weighted by atomic mass is 10.2. The summed E-state index contributed by atoms with van der Waals surface area (Å²) in [6.45, 7) is 1.59. The molecule has 1 unspecified atom stereocenters. The normalized spacial score (nSPS) is 12.4. The van der Waals surface area contributed by atoms with Crippen molar-refractivity contribution >= 4 is 10.0 Å². The largest absolute Gasteiger partial charge is 0.216 e. The Balaban J connectivity index is 2.78. The predicted octanol–water partition coefficient (Wildman–Crippen LogP) is 0.999. The van der Waals surface area contributed by atoms with E-state index in [4.69, 9.17) is 11.7 Å². The van der Waals surface area contributed by atoms with Crippen molar-refractivity contribution in [2.45, 2.75) is 18.7 Å². The molecule has 0 aliphatic heterocycles. The van der Waals surface area contributed by atoms with Crippen LogP contribution in [0.5, 0.6) is 0 Å². The molecule has 0 aliphatic rings. The molecule has 5 heteroatoms. The van der Waals surface area contributed by atoms with E-state index >= 15 is 0 Å². The van der Waals surface area contributed by atoms with E-state index in [1.165, 1.54) is 0 Å². The monoisotopic (exact) mass is 248 g/mol. The van der Waals surface area contributed by atoms with Crippen LogP contribution in [0, 0.1) is 23.7 Å². The molecular formula is C12H12N2O2S. The van der Waals surface area contributed by atoms with Gasteiger partial charge in [-0.1, -0.05) is 18.1 Å². The number of hydrogen-bond acceptors (Lipinski definition) is 3. The third-order valence-corrected chi connectivity index (χ3v) is 3.47. The van der Waals surface area contributed by atoms with E-state index in [1.54, 1.807) is 31.2 Å². The molecule has 0 aliphatic carbocycles. The molecule has 4 nitrogen and oxygen atoms in total. The van der Waals surface area contributed by atoms with Crippen LogP contribution in [0.3, 0.4) is 0 Å². The van der Waals surface area contributed by atoms with Gasteiger partial charge in [0.2, 0.25) is 10.0 Å². The Hall–Kier alpha value is -1.82. The number of nitriles is 1. The van der Waals surface area contributed by atoms with E-state index in [2.05, 4.69) is 10.6 Å². The summed E-state index contributed by atoms with van der Waals surface area (Å²) in [5.41, 5.74) is 1.11. The summed E-state index contributed by atoms with van der Waals surface area (Å²) < 4.78 is 25.7. The maximum atomic E-state index is 11.7. The molecule has 1 aromatic carbocycles. The van der Waals surface area contributed by atoms with Gasteiger partial charge in [-0.05, 0) is 24.6 Å². The second-order valence-corrected chi connectivity index (χ2v) is 5.33. The van der Waals surface area contributed by atoms with Crippen LogP contribution < -0.4 is 4.72 Å². The quantitative estimate of drug-likeness (QED) is 0.808. The highest BCUT2D eigenvalue weighted by Crippen LogP contribution is 2.07. The van der Waals surface area contributed by atoms with Gasteiger partial charge in [-0.2, -0.15) is 5.26 Å². The van der Waals surface area contributed by atoms with Crippen LogP contribution in [-0.4, -0.2) is 14.5 Å². The molecule has 0 saturated heterocycles. The zero-order chi connectivity index (χ0) is 12.9. The van der Waals surface area contributed by atoms with Crippen LogP contribution in [0.15, 0.2) is 24.3 Å². The lowest BCUT2D eigenvalue weighted by Gasteiger charge is -2.08. The maximum absolute atomic E-state index is 11.7. The van der Waals surface area contributed by atoms with Crippen molar-refractivity contribution in [1.29, 1.82) is 5.26 Å². The third-order valence-electron chi connectivity index (χ3n) is 2.05. The summed E-state index contributed by atoms with van der Waals surface area (Å²) >= 11 is 0. The Morgan fingerprint density at radius 3 is 2.47 bits per heavy atom. The smallest absolute Gasteiger partial charge is 0.212 e. The van der Waals surface area contributed by atoms with Crippen molar-refractivity contribution in [3.8, 4) is 18.4 Å². The minimum atomic E-state index is -3.44. The van der Waals surface area contributed by atoms with Gasteiger partial charge in [0.25, 0.3) is 0 Å². The van der Waals surface area contributed by atoms with E-state index in [0.717, 1.165) is 0 Å². The van der Waals surface area contributed by atoms with Crippen molar-refractivity contribution in [2.24, 2.45) is 0 Å². The van der Waals surface area contributed by atoms with Gasteiger partial charge < -0.3 is 0 Å². The molecule has 1 aromatic rings. The van der Waals surface area contributed by atoms with Gasteiger partial charge >= 0.3 is 0 Å². The second kappa shape index (κ2) is 5.49. The van der Waals surface area contributed by atoms with Crippen molar-refractivity contribution in [2.75, 3.05) is 0 Å². The van der Waals surface area contributed by atoms with E-state index in [0.29, 0.717) is 11.1 Å². The predicted molar refractivity (Wildman–Crippen MR) is 65.2 cm³/mol. The number of hydrogen-bond donors (Lipinski definition) is 1. The number of benzene rings is 1. The Bertz CT molecular complexity index is 562. The van der Waals surface area contributed by atoms with Crippen molar-refractivity contribution in [3.63, 3.8) is 0 Å². The molecular weight excluding hydrogens is 236 g/mol. The van der Waals surface area contributed by atoms with E-state index < -0.39 is 16.1 Å². The first-order valence-corrected chi connectivity index (χ1v) is 6.57. The Kier molecular flexibility index (Phi) is 4.28. The topological polar surface area (TPSA) is 70.0 Å². The first kappa shape index (κ1) is 13.2. The molecule has 0 fully saturated rings. The summed E-state index contributed by atoms with van der Waals surface area (Å²) in [7, 11) is -3.44. The van der Waals surface area contributed by atoms with Crippen LogP contribution >= 0.6 is 0 Å². The van der Waals surface area contributed by atoms with Gasteiger partial charge in [-0.15, -0.1) is 6.42 Å². The molecule has 88 valence electrons. The van der Waals surface area contributed by atoms with Gasteiger partial charge in [0.15, 0.2) is 0 Å². The summed E-state index contributed by atoms with van der Waals surface area (Å²) in [4.78, 5) is 0. The summed E-state index contributed by atoms with van der Waals surface area (Å²) in [6, 6.07) is 7.81. The fourth-order valence-corrected chi connectivity index (χ4v) is 2.56. The number of terminal acetylenes is 1. The highest BCUT2D eigenvalue weighted by Gasteiger charge is 2.13. The summed E-state index contributed by atoms with van der Waals surface area (Å²) in [6.07, 6.45) is 5.10. The Morgan fingerprint density at radius 2 is 2.00 bits per heavy atom. The minimum Gasteiger partial charge on any atom is -0.212 e. The minimum absolute atomic E-state index is 0.148. The van der Waals surface area contributed by atoms with Crippen molar-refractivity contribution < 1.29 is 8.42 Å². The summed E-state index contributed by atoms with van der Waals surface area (Å²) in [5.74, 6) is 2.14. The zero-order valence-electron chi connectivity index (χ0n) is 9.34. The Labute approximate surface area is 101 Å². The SMILES string of the molecule is C#CC(C)NS(=O)(=O)Cc1ccc(C#N)cc1. The van der Waals surface area contributed by atoms with Crippen molar-refractivity contribution in [1.82, 2.24) is 4.72 Å². The third kappa shape index (κ3) is 4.28. The first-order valence-electron chi connectivity index (χ1n) is 4.92. The van der Waals surface area contributed by atoms with Crippen molar-refractivity contribution in [3.05, 3.63) is 35.4 Å². The average molecular weight is 248 g/mol. The second-order valence-electron chi connectivity index (χ2n) is 3.57. The first-order chi connectivity index (χ1) is 7.96. The van der Waals surface area contributed by atoms with E-state index in [1.807, 2.05) is 6.07 Å². The zero-order valence-corrected chi connectivity index (χ0v) is 10.2. The summed E-state index contributed by atoms with van der Waals surface area (Å²) in [5, 5.41) is 8.61. The fraction of sp³-hybridized carbons (Fsp3) is 0.250. The fourth-order valence-electron chi connectivity index (χ4n) is 1.24. The van der Waals surface area contributed by atoms with Crippen LogP contribution in [0.4, 0.5) is 0 Å². The molecule has 0 saturated carbocycles. The highest BCUT2D eigenvalue weighted by atomic mass is 32.2. The molecule has 17 heavy (non-hydrogen) atoms. The van der Waals surface area contributed by atoms with Gasteiger partial charge in [0.05, 0.1) is 23.4 Å².